The Kier molecular flexibility index (Phi) is 9.61. The van der Waals surface area contributed by atoms with E-state index in [0.717, 1.165) is 21.5 Å². The number of halogens is 1. The van der Waals surface area contributed by atoms with Crippen molar-refractivity contribution in [2.75, 3.05) is 13.2 Å². The summed E-state index contributed by atoms with van der Waals surface area (Å²) in [7, 11) is 0. The van der Waals surface area contributed by atoms with Crippen molar-refractivity contribution in [1.82, 2.24) is 0 Å². The van der Waals surface area contributed by atoms with Gasteiger partial charge in [-0.2, -0.15) is 0 Å². The van der Waals surface area contributed by atoms with Crippen LogP contribution in [-0.4, -0.2) is 37.4 Å². The predicted octanol–water partition coefficient (Wildman–Crippen LogP) is 6.87. The second-order valence-corrected chi connectivity index (χ2v) is 8.70. The Morgan fingerprint density at radius 3 is 1.63 bits per heavy atom. The molecule has 0 spiro atoms. The molecule has 0 N–H and O–H groups in total. The van der Waals surface area contributed by atoms with E-state index >= 15 is 0 Å². The summed E-state index contributed by atoms with van der Waals surface area (Å²) in [5.41, 5.74) is 0. The average molecular weight is 501 g/mol. The Morgan fingerprint density at radius 2 is 1.17 bits per heavy atom. The molecule has 0 fully saturated rings. The van der Waals surface area contributed by atoms with E-state index in [1.807, 2.05) is 56.3 Å². The van der Waals surface area contributed by atoms with Crippen LogP contribution in [0, 0.1) is 0 Å². The molecule has 3 rings (SSSR count). The number of fused-ring (bicyclic) bond motifs is 2. The summed E-state index contributed by atoms with van der Waals surface area (Å²) in [6.45, 7) is 7.90. The molecular formula is C28H33ClO6. The van der Waals surface area contributed by atoms with E-state index in [1.54, 1.807) is 13.8 Å². The van der Waals surface area contributed by atoms with Gasteiger partial charge in [0, 0.05) is 39.4 Å². The Labute approximate surface area is 211 Å². The lowest BCUT2D eigenvalue weighted by atomic mass is 10.0. The van der Waals surface area contributed by atoms with Crippen molar-refractivity contribution in [3.8, 4) is 11.5 Å². The summed E-state index contributed by atoms with van der Waals surface area (Å²) < 4.78 is 23.6. The van der Waals surface area contributed by atoms with Gasteiger partial charge in [0.1, 0.15) is 36.9 Å². The average Bonchev–Trinajstić information content (AvgIpc) is 2.88. The lowest BCUT2D eigenvalue weighted by Gasteiger charge is -2.22. The van der Waals surface area contributed by atoms with Crippen molar-refractivity contribution in [2.24, 2.45) is 0 Å². The highest BCUT2D eigenvalue weighted by molar-refractivity contribution is 6.31. The summed E-state index contributed by atoms with van der Waals surface area (Å²) >= 11 is 6.37. The van der Waals surface area contributed by atoms with E-state index in [2.05, 4.69) is 0 Å². The number of carbonyl (C=O) groups is 2. The molecule has 3 aromatic rings. The van der Waals surface area contributed by atoms with E-state index in [-0.39, 0.29) is 37.4 Å². The lowest BCUT2D eigenvalue weighted by Crippen LogP contribution is -2.24. The number of ether oxygens (including phenoxy) is 4. The minimum absolute atomic E-state index is 0.221. The zero-order valence-electron chi connectivity index (χ0n) is 20.8. The molecular weight excluding hydrogens is 468 g/mol. The smallest absolute Gasteiger partial charge is 0.305 e. The number of hydrogen-bond acceptors (Lipinski definition) is 6. The number of benzene rings is 3. The van der Waals surface area contributed by atoms with E-state index in [0.29, 0.717) is 42.2 Å². The molecule has 7 heteroatoms. The zero-order chi connectivity index (χ0) is 25.4. The van der Waals surface area contributed by atoms with Crippen LogP contribution in [0.15, 0.2) is 42.5 Å². The highest BCUT2D eigenvalue weighted by atomic mass is 35.5. The van der Waals surface area contributed by atoms with Gasteiger partial charge in [-0.15, -0.1) is 0 Å². The standard InChI is InChI=1S/C28H33ClO6/c1-5-19(34-25(30)7-3)16-32-27-21-11-9-10-12-22(21)28(24-15-18(29)13-14-23(24)27)33-17-20(6-2)35-26(31)8-4/h9-15,19-20H,5-8,16-17H2,1-4H3. The van der Waals surface area contributed by atoms with Crippen LogP contribution in [0.25, 0.3) is 21.5 Å². The van der Waals surface area contributed by atoms with Crippen molar-refractivity contribution in [2.45, 2.75) is 65.6 Å². The van der Waals surface area contributed by atoms with Gasteiger partial charge in [-0.1, -0.05) is 63.6 Å². The summed E-state index contributed by atoms with van der Waals surface area (Å²) in [4.78, 5) is 23.6. The van der Waals surface area contributed by atoms with Gasteiger partial charge in [0.05, 0.1) is 0 Å². The van der Waals surface area contributed by atoms with Gasteiger partial charge in [0.2, 0.25) is 0 Å². The second kappa shape index (κ2) is 12.6. The topological polar surface area (TPSA) is 71.1 Å². The van der Waals surface area contributed by atoms with Crippen molar-refractivity contribution >= 4 is 45.1 Å². The summed E-state index contributed by atoms with van der Waals surface area (Å²) in [6.07, 6.45) is 1.21. The highest BCUT2D eigenvalue weighted by Gasteiger charge is 2.20. The maximum atomic E-state index is 11.8. The van der Waals surface area contributed by atoms with E-state index in [1.165, 1.54) is 0 Å². The third-order valence-electron chi connectivity index (χ3n) is 5.80. The number of esters is 2. The minimum atomic E-state index is -0.357. The molecule has 35 heavy (non-hydrogen) atoms. The summed E-state index contributed by atoms with van der Waals surface area (Å²) in [5, 5.41) is 3.91. The second-order valence-electron chi connectivity index (χ2n) is 8.26. The van der Waals surface area contributed by atoms with Crippen LogP contribution in [0.3, 0.4) is 0 Å². The van der Waals surface area contributed by atoms with Gasteiger partial charge in [0.25, 0.3) is 0 Å². The maximum absolute atomic E-state index is 11.8. The molecule has 6 nitrogen and oxygen atoms in total. The molecule has 2 atom stereocenters. The Balaban J connectivity index is 2.02. The van der Waals surface area contributed by atoms with E-state index in [9.17, 15) is 9.59 Å². The molecule has 3 aromatic carbocycles. The molecule has 0 bridgehead atoms. The molecule has 0 saturated heterocycles. The lowest BCUT2D eigenvalue weighted by molar-refractivity contribution is -0.151. The van der Waals surface area contributed by atoms with E-state index in [4.69, 9.17) is 30.5 Å². The largest absolute Gasteiger partial charge is 0.488 e. The van der Waals surface area contributed by atoms with Gasteiger partial charge < -0.3 is 18.9 Å². The summed E-state index contributed by atoms with van der Waals surface area (Å²) in [5.74, 6) is 0.826. The fraction of sp³-hybridized carbons (Fsp3) is 0.429. The molecule has 188 valence electrons. The van der Waals surface area contributed by atoms with Crippen molar-refractivity contribution in [1.29, 1.82) is 0 Å². The van der Waals surface area contributed by atoms with Crippen LogP contribution in [-0.2, 0) is 19.1 Å². The first-order valence-corrected chi connectivity index (χ1v) is 12.6. The molecule has 0 heterocycles. The van der Waals surface area contributed by atoms with Crippen molar-refractivity contribution in [3.63, 3.8) is 0 Å². The van der Waals surface area contributed by atoms with Gasteiger partial charge in [0.15, 0.2) is 0 Å². The third kappa shape index (κ3) is 6.57. The number of carbonyl (C=O) groups excluding carboxylic acids is 2. The molecule has 0 aliphatic heterocycles. The normalized spacial score (nSPS) is 12.8. The molecule has 0 aromatic heterocycles. The van der Waals surface area contributed by atoms with Crippen LogP contribution in [0.1, 0.15) is 53.4 Å². The highest BCUT2D eigenvalue weighted by Crippen LogP contribution is 2.43. The number of rotatable bonds is 12. The monoisotopic (exact) mass is 500 g/mol. The molecule has 0 saturated carbocycles. The molecule has 0 aliphatic carbocycles. The number of hydrogen-bond donors (Lipinski definition) is 0. The minimum Gasteiger partial charge on any atom is -0.488 e. The van der Waals surface area contributed by atoms with Crippen LogP contribution in [0.5, 0.6) is 11.5 Å². The molecule has 2 unspecified atom stereocenters. The Hall–Kier alpha value is -2.99. The Bertz CT molecular complexity index is 1180. The van der Waals surface area contributed by atoms with Crippen LogP contribution in [0.4, 0.5) is 0 Å². The first-order chi connectivity index (χ1) is 16.9. The third-order valence-corrected chi connectivity index (χ3v) is 6.03. The molecule has 0 amide bonds. The van der Waals surface area contributed by atoms with Crippen LogP contribution in [0.2, 0.25) is 5.02 Å². The van der Waals surface area contributed by atoms with Crippen LogP contribution >= 0.6 is 11.6 Å². The first-order valence-electron chi connectivity index (χ1n) is 12.2. The fourth-order valence-electron chi connectivity index (χ4n) is 3.74. The van der Waals surface area contributed by atoms with Crippen LogP contribution < -0.4 is 9.47 Å². The predicted molar refractivity (Wildman–Crippen MR) is 138 cm³/mol. The fourth-order valence-corrected chi connectivity index (χ4v) is 3.92. The molecule has 0 radical (unpaired) electrons. The first kappa shape index (κ1) is 26.6. The molecule has 0 aliphatic rings. The van der Waals surface area contributed by atoms with Gasteiger partial charge in [-0.05, 0) is 31.0 Å². The van der Waals surface area contributed by atoms with E-state index < -0.39 is 0 Å². The Morgan fingerprint density at radius 1 is 0.714 bits per heavy atom. The quantitative estimate of drug-likeness (QED) is 0.199. The van der Waals surface area contributed by atoms with Gasteiger partial charge >= 0.3 is 11.9 Å². The van der Waals surface area contributed by atoms with Crippen molar-refractivity contribution < 1.29 is 28.5 Å². The summed E-state index contributed by atoms with van der Waals surface area (Å²) in [6, 6.07) is 13.4. The van der Waals surface area contributed by atoms with Crippen molar-refractivity contribution in [3.05, 3.63) is 47.5 Å². The van der Waals surface area contributed by atoms with Gasteiger partial charge in [-0.25, -0.2) is 0 Å². The zero-order valence-corrected chi connectivity index (χ0v) is 21.5. The van der Waals surface area contributed by atoms with Gasteiger partial charge in [-0.3, -0.25) is 9.59 Å². The SMILES string of the molecule is CCC(=O)OC(CC)COc1c2ccccc2c(OCC(CC)OC(=O)CC)c2cc(Cl)ccc12. The maximum Gasteiger partial charge on any atom is 0.305 e.